The van der Waals surface area contributed by atoms with Crippen molar-refractivity contribution in [3.05, 3.63) is 54.3 Å². The van der Waals surface area contributed by atoms with E-state index in [1.54, 1.807) is 11.0 Å². The maximum absolute atomic E-state index is 13.3. The minimum Gasteiger partial charge on any atom is -0.443 e. The lowest BCUT2D eigenvalue weighted by molar-refractivity contribution is -0.106. The zero-order valence-electron chi connectivity index (χ0n) is 19.3. The van der Waals surface area contributed by atoms with Gasteiger partial charge in [-0.15, -0.1) is 0 Å². The second-order valence-electron chi connectivity index (χ2n) is 7.84. The van der Waals surface area contributed by atoms with Gasteiger partial charge in [-0.1, -0.05) is 31.2 Å². The monoisotopic (exact) mass is 454 g/mol. The van der Waals surface area contributed by atoms with Crippen molar-refractivity contribution < 1.29 is 18.7 Å². The number of carbonyl (C=O) groups excluding carboxylic acids is 2. The number of nitrogens with zero attached hydrogens (tertiary/aromatic N) is 2. The minimum atomic E-state index is -0.334. The maximum Gasteiger partial charge on any atom is 0.414 e. The number of nitrogens with one attached hydrogen (secondary N) is 2. The molecule has 0 saturated carbocycles. The van der Waals surface area contributed by atoms with E-state index in [0.29, 0.717) is 19.0 Å². The van der Waals surface area contributed by atoms with Crippen LogP contribution < -0.4 is 15.5 Å². The van der Waals surface area contributed by atoms with Gasteiger partial charge in [-0.2, -0.15) is 5.26 Å². The molecule has 0 radical (unpaired) electrons. The highest BCUT2D eigenvalue weighted by atomic mass is 19.1. The van der Waals surface area contributed by atoms with E-state index < -0.39 is 0 Å². The van der Waals surface area contributed by atoms with Crippen LogP contribution in [-0.2, 0) is 9.53 Å². The van der Waals surface area contributed by atoms with E-state index in [2.05, 4.69) is 23.6 Å². The summed E-state index contributed by atoms with van der Waals surface area (Å²) < 4.78 is 18.5. The van der Waals surface area contributed by atoms with Crippen molar-refractivity contribution in [1.82, 2.24) is 10.6 Å². The summed E-state index contributed by atoms with van der Waals surface area (Å²) >= 11 is 0. The number of carbonyl (C=O) groups is 2. The largest absolute Gasteiger partial charge is 0.443 e. The van der Waals surface area contributed by atoms with Crippen LogP contribution in [-0.4, -0.2) is 51.7 Å². The summed E-state index contributed by atoms with van der Waals surface area (Å²) in [5.74, 6) is 0.551. The summed E-state index contributed by atoms with van der Waals surface area (Å²) in [6.45, 7) is 6.60. The summed E-state index contributed by atoms with van der Waals surface area (Å²) in [6, 6.07) is 16.1. The van der Waals surface area contributed by atoms with Gasteiger partial charge in [0.25, 0.3) is 0 Å². The molecule has 2 aromatic carbocycles. The van der Waals surface area contributed by atoms with Crippen LogP contribution in [0.4, 0.5) is 14.9 Å². The van der Waals surface area contributed by atoms with Crippen molar-refractivity contribution in [2.24, 2.45) is 11.8 Å². The molecule has 1 amide bonds. The molecule has 2 fully saturated rings. The van der Waals surface area contributed by atoms with Crippen LogP contribution in [0.25, 0.3) is 11.1 Å². The number of likely N-dealkylation sites (N-methyl/N-ethyl adjacent to an activating group) is 1. The Bertz CT molecular complexity index is 945. The van der Waals surface area contributed by atoms with Gasteiger partial charge in [-0.3, -0.25) is 4.90 Å². The lowest BCUT2D eigenvalue weighted by Crippen LogP contribution is -2.28. The second kappa shape index (κ2) is 13.3. The number of aldehydes is 1. The van der Waals surface area contributed by atoms with E-state index in [-0.39, 0.29) is 23.9 Å². The number of ether oxygens (including phenoxy) is 1. The molecule has 2 unspecified atom stereocenters. The molecule has 33 heavy (non-hydrogen) atoms. The first-order chi connectivity index (χ1) is 15.9. The minimum absolute atomic E-state index is 0.139. The topological polar surface area (TPSA) is 94.5 Å². The fourth-order valence-corrected chi connectivity index (χ4v) is 3.55. The zero-order chi connectivity index (χ0) is 24.2. The molecule has 2 aliphatic heterocycles. The number of hydrogen-bond donors (Lipinski definition) is 2. The van der Waals surface area contributed by atoms with E-state index in [4.69, 9.17) is 14.8 Å². The van der Waals surface area contributed by atoms with Crippen molar-refractivity contribution in [1.29, 1.82) is 5.26 Å². The number of cyclic esters (lactones) is 1. The Balaban J connectivity index is 0.000000291. The first-order valence-electron chi connectivity index (χ1n) is 10.9. The van der Waals surface area contributed by atoms with Crippen LogP contribution in [0.3, 0.4) is 0 Å². The summed E-state index contributed by atoms with van der Waals surface area (Å²) in [5, 5.41) is 14.6. The van der Waals surface area contributed by atoms with Crippen molar-refractivity contribution in [3.8, 4) is 17.2 Å². The highest BCUT2D eigenvalue weighted by molar-refractivity contribution is 5.90. The molecule has 0 bridgehead atoms. The molecule has 2 aliphatic rings. The van der Waals surface area contributed by atoms with Gasteiger partial charge in [0.2, 0.25) is 0 Å². The molecule has 3 atom stereocenters. The smallest absolute Gasteiger partial charge is 0.414 e. The van der Waals surface area contributed by atoms with Crippen molar-refractivity contribution >= 4 is 18.1 Å². The number of benzene rings is 2. The Morgan fingerprint density at radius 3 is 2.45 bits per heavy atom. The van der Waals surface area contributed by atoms with Crippen molar-refractivity contribution in [2.45, 2.75) is 20.0 Å². The number of halogens is 1. The van der Waals surface area contributed by atoms with Crippen LogP contribution in [0.1, 0.15) is 13.8 Å². The fraction of sp³-hybridized carbons (Fsp3) is 0.400. The van der Waals surface area contributed by atoms with Gasteiger partial charge in [-0.05, 0) is 61.8 Å². The maximum atomic E-state index is 13.3. The normalized spacial score (nSPS) is 21.1. The van der Waals surface area contributed by atoms with Crippen LogP contribution in [0.5, 0.6) is 0 Å². The summed E-state index contributed by atoms with van der Waals surface area (Å²) in [6.07, 6.45) is 0.277. The molecular formula is C25H31FN4O3. The van der Waals surface area contributed by atoms with Crippen LogP contribution >= 0.6 is 0 Å². The Kier molecular flexibility index (Phi) is 10.5. The molecule has 7 nitrogen and oxygen atoms in total. The van der Waals surface area contributed by atoms with E-state index in [0.717, 1.165) is 36.2 Å². The van der Waals surface area contributed by atoms with Crippen molar-refractivity contribution in [3.63, 3.8) is 0 Å². The highest BCUT2D eigenvalue weighted by Gasteiger charge is 2.31. The number of rotatable bonds is 4. The number of amides is 1. The molecule has 176 valence electrons. The Hall–Kier alpha value is -3.28. The molecule has 2 saturated heterocycles. The molecule has 8 heteroatoms. The SMILES string of the molecule is CC=O.CNCC1CN(c2ccc(-c3cccc(F)c3)cc2)C(=O)O1.C[C@@H]1CNCC1C#N. The van der Waals surface area contributed by atoms with E-state index in [1.165, 1.54) is 19.1 Å². The average Bonchev–Trinajstić information content (AvgIpc) is 3.39. The first-order valence-corrected chi connectivity index (χ1v) is 10.9. The predicted molar refractivity (Wildman–Crippen MR) is 126 cm³/mol. The van der Waals surface area contributed by atoms with Gasteiger partial charge in [0.05, 0.1) is 18.5 Å². The average molecular weight is 455 g/mol. The first kappa shape index (κ1) is 26.0. The summed E-state index contributed by atoms with van der Waals surface area (Å²) in [7, 11) is 1.82. The highest BCUT2D eigenvalue weighted by Crippen LogP contribution is 2.26. The summed E-state index contributed by atoms with van der Waals surface area (Å²) in [4.78, 5) is 22.3. The quantitative estimate of drug-likeness (QED) is 0.686. The Labute approximate surface area is 194 Å². The third-order valence-corrected chi connectivity index (χ3v) is 5.33. The van der Waals surface area contributed by atoms with Gasteiger partial charge in [0.1, 0.15) is 18.2 Å². The second-order valence-corrected chi connectivity index (χ2v) is 7.84. The number of anilines is 1. The van der Waals surface area contributed by atoms with Crippen LogP contribution in [0, 0.1) is 29.0 Å². The lowest BCUT2D eigenvalue weighted by atomic mass is 10.0. The molecule has 2 N–H and O–H groups in total. The van der Waals surface area contributed by atoms with Gasteiger partial charge in [0, 0.05) is 18.8 Å². The molecule has 0 aliphatic carbocycles. The third kappa shape index (κ3) is 7.67. The van der Waals surface area contributed by atoms with Gasteiger partial charge < -0.3 is 20.2 Å². The molecule has 0 spiro atoms. The van der Waals surface area contributed by atoms with Gasteiger partial charge in [0.15, 0.2) is 0 Å². The van der Waals surface area contributed by atoms with Gasteiger partial charge >= 0.3 is 6.09 Å². The molecule has 2 aromatic rings. The predicted octanol–water partition coefficient (Wildman–Crippen LogP) is 3.61. The molecule has 4 rings (SSSR count). The standard InChI is InChI=1S/C17H17FN2O2.C6H10N2.C2H4O/c1-19-10-16-11-20(17(21)22-16)15-7-5-12(6-8-15)13-3-2-4-14(18)9-13;1-5-3-8-4-6(5)2-7;1-2-3/h2-9,16,19H,10-11H2,1H3;5-6,8H,3-4H2,1H3;2H,1H3/t;5-,6?;/m.1./s1. The molecule has 0 aromatic heterocycles. The third-order valence-electron chi connectivity index (χ3n) is 5.33. The number of hydrogen-bond acceptors (Lipinski definition) is 6. The Morgan fingerprint density at radius 1 is 1.24 bits per heavy atom. The summed E-state index contributed by atoms with van der Waals surface area (Å²) in [5.41, 5.74) is 2.50. The fourth-order valence-electron chi connectivity index (χ4n) is 3.55. The zero-order valence-corrected chi connectivity index (χ0v) is 19.3. The van der Waals surface area contributed by atoms with E-state index in [9.17, 15) is 9.18 Å². The van der Waals surface area contributed by atoms with E-state index >= 15 is 0 Å². The Morgan fingerprint density at radius 2 is 1.94 bits per heavy atom. The van der Waals surface area contributed by atoms with Crippen LogP contribution in [0.2, 0.25) is 0 Å². The van der Waals surface area contributed by atoms with Crippen molar-refractivity contribution in [2.75, 3.05) is 38.1 Å². The molecule has 2 heterocycles. The molecular weight excluding hydrogens is 423 g/mol. The van der Waals surface area contributed by atoms with E-state index in [1.807, 2.05) is 37.4 Å². The van der Waals surface area contributed by atoms with Crippen LogP contribution in [0.15, 0.2) is 48.5 Å². The lowest BCUT2D eigenvalue weighted by Gasteiger charge is -2.13. The number of nitriles is 1. The van der Waals surface area contributed by atoms with Gasteiger partial charge in [-0.25, -0.2) is 9.18 Å².